The summed E-state index contributed by atoms with van der Waals surface area (Å²) < 4.78 is 5.17. The summed E-state index contributed by atoms with van der Waals surface area (Å²) in [5.74, 6) is 0. The molecule has 13 heavy (non-hydrogen) atoms. The van der Waals surface area contributed by atoms with Crippen LogP contribution in [0.4, 0.5) is 0 Å². The molecule has 5 heteroatoms. The van der Waals surface area contributed by atoms with Gasteiger partial charge in [-0.1, -0.05) is 6.92 Å². The van der Waals surface area contributed by atoms with Crippen molar-refractivity contribution >= 4 is 0 Å². The zero-order valence-electron chi connectivity index (χ0n) is 7.50. The third-order valence-corrected chi connectivity index (χ3v) is 2.39. The Morgan fingerprint density at radius 2 is 1.54 bits per heavy atom. The highest BCUT2D eigenvalue weighted by molar-refractivity contribution is 4.91. The van der Waals surface area contributed by atoms with Gasteiger partial charge in [0.25, 0.3) is 0 Å². The molecule has 0 aromatic heterocycles. The number of hydrogen-bond acceptors (Lipinski definition) is 5. The van der Waals surface area contributed by atoms with Crippen LogP contribution in [0.5, 0.6) is 0 Å². The lowest BCUT2D eigenvalue weighted by molar-refractivity contribution is -0.229. The highest BCUT2D eigenvalue weighted by Gasteiger charge is 2.42. The first-order valence-corrected chi connectivity index (χ1v) is 4.42. The largest absolute Gasteiger partial charge is 0.394 e. The predicted molar refractivity (Wildman–Crippen MR) is 44.1 cm³/mol. The summed E-state index contributed by atoms with van der Waals surface area (Å²) >= 11 is 0. The molecule has 0 spiro atoms. The van der Waals surface area contributed by atoms with Crippen LogP contribution in [0.3, 0.4) is 0 Å². The van der Waals surface area contributed by atoms with Gasteiger partial charge in [0.1, 0.15) is 24.4 Å². The summed E-state index contributed by atoms with van der Waals surface area (Å²) in [7, 11) is 0. The minimum absolute atomic E-state index is 0.360. The van der Waals surface area contributed by atoms with Gasteiger partial charge >= 0.3 is 0 Å². The summed E-state index contributed by atoms with van der Waals surface area (Å²) in [4.78, 5) is 0. The molecule has 1 rings (SSSR count). The maximum Gasteiger partial charge on any atom is 0.111 e. The molecule has 0 saturated carbocycles. The average molecular weight is 192 g/mol. The van der Waals surface area contributed by atoms with Gasteiger partial charge in [0.05, 0.1) is 12.7 Å². The fourth-order valence-electron chi connectivity index (χ4n) is 1.52. The fourth-order valence-corrected chi connectivity index (χ4v) is 1.52. The molecule has 5 atom stereocenters. The first kappa shape index (κ1) is 10.9. The smallest absolute Gasteiger partial charge is 0.111 e. The van der Waals surface area contributed by atoms with Crippen LogP contribution in [-0.2, 0) is 4.74 Å². The molecule has 0 radical (unpaired) electrons. The molecule has 1 fully saturated rings. The van der Waals surface area contributed by atoms with Crippen LogP contribution in [0.2, 0.25) is 0 Å². The van der Waals surface area contributed by atoms with Gasteiger partial charge in [-0.15, -0.1) is 0 Å². The Bertz CT molecular complexity index is 143. The van der Waals surface area contributed by atoms with Crippen molar-refractivity contribution in [3.05, 3.63) is 0 Å². The maximum atomic E-state index is 9.40. The van der Waals surface area contributed by atoms with Crippen molar-refractivity contribution in [2.24, 2.45) is 0 Å². The lowest BCUT2D eigenvalue weighted by Gasteiger charge is -2.39. The van der Waals surface area contributed by atoms with Crippen molar-refractivity contribution in [1.82, 2.24) is 0 Å². The van der Waals surface area contributed by atoms with Crippen molar-refractivity contribution in [2.75, 3.05) is 6.61 Å². The second kappa shape index (κ2) is 4.34. The molecular weight excluding hydrogens is 176 g/mol. The van der Waals surface area contributed by atoms with Crippen LogP contribution in [0.15, 0.2) is 0 Å². The quantitative estimate of drug-likeness (QED) is 0.416. The van der Waals surface area contributed by atoms with Crippen molar-refractivity contribution in [3.63, 3.8) is 0 Å². The molecule has 0 bridgehead atoms. The molecule has 1 saturated heterocycles. The van der Waals surface area contributed by atoms with Crippen molar-refractivity contribution in [2.45, 2.75) is 43.9 Å². The van der Waals surface area contributed by atoms with Gasteiger partial charge in [-0.2, -0.15) is 0 Å². The summed E-state index contributed by atoms with van der Waals surface area (Å²) in [6, 6.07) is 0. The van der Waals surface area contributed by atoms with E-state index >= 15 is 0 Å². The normalized spacial score (nSPS) is 46.4. The van der Waals surface area contributed by atoms with Gasteiger partial charge in [-0.3, -0.25) is 0 Å². The van der Waals surface area contributed by atoms with E-state index in [1.165, 1.54) is 0 Å². The second-order valence-corrected chi connectivity index (χ2v) is 3.28. The Kier molecular flexibility index (Phi) is 3.63. The Morgan fingerprint density at radius 1 is 1.00 bits per heavy atom. The number of rotatable bonds is 2. The van der Waals surface area contributed by atoms with Crippen LogP contribution < -0.4 is 0 Å². The molecule has 2 unspecified atom stereocenters. The monoisotopic (exact) mass is 192 g/mol. The summed E-state index contributed by atoms with van der Waals surface area (Å²) in [5.41, 5.74) is 0. The zero-order chi connectivity index (χ0) is 10.0. The van der Waals surface area contributed by atoms with E-state index < -0.39 is 30.5 Å². The highest BCUT2D eigenvalue weighted by Crippen LogP contribution is 2.22. The van der Waals surface area contributed by atoms with E-state index in [0.717, 1.165) is 0 Å². The molecule has 1 aliphatic heterocycles. The number of ether oxygens (including phenoxy) is 1. The van der Waals surface area contributed by atoms with Gasteiger partial charge in [0, 0.05) is 0 Å². The third kappa shape index (κ3) is 2.00. The first-order chi connectivity index (χ1) is 6.11. The minimum atomic E-state index is -1.24. The molecule has 5 nitrogen and oxygen atoms in total. The Balaban J connectivity index is 2.66. The van der Waals surface area contributed by atoms with Crippen molar-refractivity contribution < 1.29 is 25.2 Å². The maximum absolute atomic E-state index is 9.40. The van der Waals surface area contributed by atoms with Gasteiger partial charge < -0.3 is 25.2 Å². The molecule has 0 aromatic rings. The van der Waals surface area contributed by atoms with Crippen molar-refractivity contribution in [3.8, 4) is 0 Å². The SMILES string of the molecule is CC[C@H]1OC(CO)[C@H](O)[C@@H](O)C1O. The molecular formula is C8H16O5. The fraction of sp³-hybridized carbons (Fsp3) is 1.00. The molecule has 78 valence electrons. The lowest BCUT2D eigenvalue weighted by Crippen LogP contribution is -2.58. The summed E-state index contributed by atoms with van der Waals surface area (Å²) in [6.45, 7) is 1.44. The Morgan fingerprint density at radius 3 is 2.00 bits per heavy atom. The van der Waals surface area contributed by atoms with E-state index in [1.54, 1.807) is 6.92 Å². The van der Waals surface area contributed by atoms with Crippen LogP contribution in [0.1, 0.15) is 13.3 Å². The van der Waals surface area contributed by atoms with Crippen LogP contribution >= 0.6 is 0 Å². The highest BCUT2D eigenvalue weighted by atomic mass is 16.5. The van der Waals surface area contributed by atoms with Crippen LogP contribution in [0.25, 0.3) is 0 Å². The number of hydrogen-bond donors (Lipinski definition) is 4. The molecule has 0 aromatic carbocycles. The molecule has 0 aliphatic carbocycles. The van der Waals surface area contributed by atoms with Gasteiger partial charge in [-0.05, 0) is 6.42 Å². The van der Waals surface area contributed by atoms with E-state index in [1.807, 2.05) is 0 Å². The van der Waals surface area contributed by atoms with Gasteiger partial charge in [0.15, 0.2) is 0 Å². The molecule has 0 amide bonds. The summed E-state index contributed by atoms with van der Waals surface area (Å²) in [5, 5.41) is 36.9. The second-order valence-electron chi connectivity index (χ2n) is 3.28. The summed E-state index contributed by atoms with van der Waals surface area (Å²) in [6.07, 6.45) is -4.33. The van der Waals surface area contributed by atoms with Crippen LogP contribution in [-0.4, -0.2) is 57.6 Å². The van der Waals surface area contributed by atoms with Crippen molar-refractivity contribution in [1.29, 1.82) is 0 Å². The molecule has 1 aliphatic rings. The Labute approximate surface area is 76.6 Å². The zero-order valence-corrected chi connectivity index (χ0v) is 7.50. The molecule has 1 heterocycles. The predicted octanol–water partition coefficient (Wildman–Crippen LogP) is -1.76. The van der Waals surface area contributed by atoms with E-state index in [4.69, 9.17) is 9.84 Å². The Hall–Kier alpha value is -0.200. The van der Waals surface area contributed by atoms with E-state index in [9.17, 15) is 15.3 Å². The van der Waals surface area contributed by atoms with Gasteiger partial charge in [0.2, 0.25) is 0 Å². The van der Waals surface area contributed by atoms with E-state index in [0.29, 0.717) is 6.42 Å². The standard InChI is InChI=1S/C8H16O5/c1-2-4-6(10)8(12)7(11)5(3-9)13-4/h4-12H,2-3H2,1H3/t4-,5?,6?,7+,8+/m1/s1. The lowest BCUT2D eigenvalue weighted by atomic mass is 9.94. The number of aliphatic hydroxyl groups is 4. The van der Waals surface area contributed by atoms with Gasteiger partial charge in [-0.25, -0.2) is 0 Å². The topological polar surface area (TPSA) is 90.2 Å². The minimum Gasteiger partial charge on any atom is -0.394 e. The van der Waals surface area contributed by atoms with Crippen LogP contribution in [0, 0.1) is 0 Å². The van der Waals surface area contributed by atoms with E-state index in [2.05, 4.69) is 0 Å². The van der Waals surface area contributed by atoms with E-state index in [-0.39, 0.29) is 6.61 Å². The first-order valence-electron chi connectivity index (χ1n) is 4.42. The molecule has 4 N–H and O–H groups in total. The average Bonchev–Trinajstić information content (AvgIpc) is 2.15. The number of aliphatic hydroxyl groups excluding tert-OH is 4. The third-order valence-electron chi connectivity index (χ3n) is 2.39.